The Kier molecular flexibility index (Phi) is 5.72. The van der Waals surface area contributed by atoms with Gasteiger partial charge in [0.1, 0.15) is 23.0 Å². The van der Waals surface area contributed by atoms with Crippen LogP contribution >= 0.6 is 0 Å². The van der Waals surface area contributed by atoms with Crippen molar-refractivity contribution in [1.29, 1.82) is 0 Å². The molecule has 1 saturated heterocycles. The molecule has 39 heavy (non-hydrogen) atoms. The van der Waals surface area contributed by atoms with Gasteiger partial charge in [0.15, 0.2) is 0 Å². The van der Waals surface area contributed by atoms with Crippen LogP contribution in [-0.2, 0) is 4.79 Å². The summed E-state index contributed by atoms with van der Waals surface area (Å²) in [7, 11) is 1.67. The summed E-state index contributed by atoms with van der Waals surface area (Å²) < 4.78 is 13.2. The molecule has 1 N–H and O–H groups in total. The number of aryl methyl sites for hydroxylation is 1. The average Bonchev–Trinajstić information content (AvgIpc) is 3.58. The van der Waals surface area contributed by atoms with Crippen LogP contribution in [0.2, 0.25) is 0 Å². The van der Waals surface area contributed by atoms with Gasteiger partial charge >= 0.3 is 0 Å². The minimum Gasteiger partial charge on any atom is -0.496 e. The van der Waals surface area contributed by atoms with Gasteiger partial charge in [-0.05, 0) is 74.6 Å². The van der Waals surface area contributed by atoms with Crippen LogP contribution < -0.4 is 10.1 Å². The Morgan fingerprint density at radius 1 is 1.10 bits per heavy atom. The van der Waals surface area contributed by atoms with Gasteiger partial charge in [0.25, 0.3) is 0 Å². The van der Waals surface area contributed by atoms with Crippen LogP contribution in [0.4, 0.5) is 5.95 Å². The van der Waals surface area contributed by atoms with E-state index in [1.807, 2.05) is 42.2 Å². The molecule has 7 rings (SSSR count). The summed E-state index contributed by atoms with van der Waals surface area (Å²) in [6, 6.07) is 14.1. The summed E-state index contributed by atoms with van der Waals surface area (Å²) in [4.78, 5) is 29.1. The molecular weight excluding hydrogens is 492 g/mol. The van der Waals surface area contributed by atoms with Crippen molar-refractivity contribution in [2.24, 2.45) is 5.92 Å². The number of carbonyl (C=O) groups excluding carboxylic acids is 1. The minimum atomic E-state index is 0.116. The maximum Gasteiger partial charge on any atom is 0.225 e. The molecule has 198 valence electrons. The van der Waals surface area contributed by atoms with Gasteiger partial charge in [-0.25, -0.2) is 9.97 Å². The van der Waals surface area contributed by atoms with E-state index in [2.05, 4.69) is 27.0 Å². The van der Waals surface area contributed by atoms with Crippen molar-refractivity contribution in [3.05, 3.63) is 60.5 Å². The lowest BCUT2D eigenvalue weighted by Crippen LogP contribution is -2.45. The zero-order valence-corrected chi connectivity index (χ0v) is 22.1. The fraction of sp³-hybridized carbons (Fsp3) is 0.333. The Labute approximate surface area is 225 Å². The maximum atomic E-state index is 12.6. The van der Waals surface area contributed by atoms with E-state index in [1.165, 1.54) is 0 Å². The highest BCUT2D eigenvalue weighted by Crippen LogP contribution is 2.34. The molecule has 0 bridgehead atoms. The molecule has 1 saturated carbocycles. The highest BCUT2D eigenvalue weighted by Gasteiger charge is 2.35. The quantitative estimate of drug-likeness (QED) is 0.321. The SMILES string of the molecule is COc1cc2nc(-c3ccc4occc4c3)n(-c3ccnc(N[C@@H]4CCCN(C(=O)C5CC5)C4)n3)c2cc1C. The molecule has 1 amide bonds. The second kappa shape index (κ2) is 9.41. The van der Waals surface area contributed by atoms with Crippen LogP contribution in [0.1, 0.15) is 31.2 Å². The van der Waals surface area contributed by atoms with Gasteiger partial charge < -0.3 is 19.4 Å². The molecule has 4 heterocycles. The van der Waals surface area contributed by atoms with E-state index < -0.39 is 0 Å². The number of methoxy groups -OCH3 is 1. The summed E-state index contributed by atoms with van der Waals surface area (Å²) in [5.41, 5.74) is 4.53. The van der Waals surface area contributed by atoms with Crippen LogP contribution in [0.3, 0.4) is 0 Å². The molecule has 1 atom stereocenters. The second-order valence-electron chi connectivity index (χ2n) is 10.5. The summed E-state index contributed by atoms with van der Waals surface area (Å²) >= 11 is 0. The van der Waals surface area contributed by atoms with E-state index in [0.717, 1.165) is 76.9 Å². The van der Waals surface area contributed by atoms with E-state index in [0.29, 0.717) is 24.2 Å². The molecule has 3 aromatic heterocycles. The number of benzene rings is 2. The lowest BCUT2D eigenvalue weighted by Gasteiger charge is -2.33. The van der Waals surface area contributed by atoms with Crippen molar-refractivity contribution >= 4 is 33.9 Å². The topological polar surface area (TPSA) is 98.3 Å². The van der Waals surface area contributed by atoms with Crippen LogP contribution in [0.25, 0.3) is 39.2 Å². The number of carbonyl (C=O) groups is 1. The number of nitrogens with zero attached hydrogens (tertiary/aromatic N) is 5. The first kappa shape index (κ1) is 23.7. The van der Waals surface area contributed by atoms with Gasteiger partial charge in [0.2, 0.25) is 11.9 Å². The maximum absolute atomic E-state index is 12.6. The van der Waals surface area contributed by atoms with Crippen molar-refractivity contribution in [2.45, 2.75) is 38.6 Å². The molecule has 1 aliphatic carbocycles. The number of rotatable bonds is 6. The van der Waals surface area contributed by atoms with E-state index in [4.69, 9.17) is 19.1 Å². The normalized spacial score (nSPS) is 17.6. The van der Waals surface area contributed by atoms with Crippen molar-refractivity contribution in [3.63, 3.8) is 0 Å². The zero-order chi connectivity index (χ0) is 26.5. The third-order valence-corrected chi connectivity index (χ3v) is 7.74. The van der Waals surface area contributed by atoms with Crippen molar-refractivity contribution in [3.8, 4) is 23.0 Å². The average molecular weight is 523 g/mol. The van der Waals surface area contributed by atoms with Crippen LogP contribution in [0.5, 0.6) is 5.75 Å². The zero-order valence-electron chi connectivity index (χ0n) is 22.1. The minimum absolute atomic E-state index is 0.116. The van der Waals surface area contributed by atoms with Crippen molar-refractivity contribution in [1.82, 2.24) is 24.4 Å². The van der Waals surface area contributed by atoms with Gasteiger partial charge in [-0.1, -0.05) is 0 Å². The summed E-state index contributed by atoms with van der Waals surface area (Å²) in [5, 5.41) is 4.51. The number of piperidine rings is 1. The smallest absolute Gasteiger partial charge is 0.225 e. The Bertz CT molecular complexity index is 1700. The molecule has 2 aromatic carbocycles. The number of furan rings is 1. The Balaban J connectivity index is 1.28. The Hall–Kier alpha value is -4.40. The Morgan fingerprint density at radius 3 is 2.85 bits per heavy atom. The van der Waals surface area contributed by atoms with Crippen molar-refractivity contribution < 1.29 is 13.9 Å². The first-order valence-corrected chi connectivity index (χ1v) is 13.5. The first-order valence-electron chi connectivity index (χ1n) is 13.5. The number of ether oxygens (including phenoxy) is 1. The van der Waals surface area contributed by atoms with Gasteiger partial charge in [-0.3, -0.25) is 9.36 Å². The predicted molar refractivity (Wildman–Crippen MR) is 149 cm³/mol. The highest BCUT2D eigenvalue weighted by atomic mass is 16.5. The fourth-order valence-corrected chi connectivity index (χ4v) is 5.57. The van der Waals surface area contributed by atoms with Gasteiger partial charge in [0.05, 0.1) is 24.4 Å². The lowest BCUT2D eigenvalue weighted by atomic mass is 10.1. The van der Waals surface area contributed by atoms with Crippen LogP contribution in [-0.4, -0.2) is 56.6 Å². The van der Waals surface area contributed by atoms with Gasteiger partial charge in [0, 0.05) is 48.3 Å². The third kappa shape index (κ3) is 4.37. The summed E-state index contributed by atoms with van der Waals surface area (Å²) in [5.74, 6) is 3.34. The highest BCUT2D eigenvalue weighted by molar-refractivity contribution is 5.88. The monoisotopic (exact) mass is 522 g/mol. The number of fused-ring (bicyclic) bond motifs is 2. The third-order valence-electron chi connectivity index (χ3n) is 7.74. The standard InChI is InChI=1S/C30H30N6O3/c1-18-14-24-23(16-26(18)38-2)33-28(21-7-8-25-20(15-21)10-13-39-25)36(24)27-9-11-31-30(34-27)32-22-4-3-12-35(17-22)29(37)19-5-6-19/h7-11,13-16,19,22H,3-6,12,17H2,1-2H3,(H,31,32,34)/t22-/m1/s1. The molecule has 0 spiro atoms. The van der Waals surface area contributed by atoms with Gasteiger partial charge in [-0.15, -0.1) is 0 Å². The number of hydrogen-bond donors (Lipinski definition) is 1. The predicted octanol–water partition coefficient (Wildman–Crippen LogP) is 5.36. The molecule has 0 unspecified atom stereocenters. The Morgan fingerprint density at radius 2 is 2.00 bits per heavy atom. The van der Waals surface area contributed by atoms with E-state index >= 15 is 0 Å². The second-order valence-corrected chi connectivity index (χ2v) is 10.5. The number of imidazole rings is 1. The molecule has 9 nitrogen and oxygen atoms in total. The molecule has 0 radical (unpaired) electrons. The largest absolute Gasteiger partial charge is 0.496 e. The molecule has 5 aromatic rings. The number of hydrogen-bond acceptors (Lipinski definition) is 7. The van der Waals surface area contributed by atoms with Gasteiger partial charge in [-0.2, -0.15) is 4.98 Å². The van der Waals surface area contributed by atoms with Crippen LogP contribution in [0.15, 0.2) is 59.3 Å². The first-order chi connectivity index (χ1) is 19.1. The van der Waals surface area contributed by atoms with Crippen LogP contribution in [0, 0.1) is 12.8 Å². The molecule has 1 aliphatic heterocycles. The molecule has 2 aliphatic rings. The number of anilines is 1. The number of amides is 1. The number of aromatic nitrogens is 4. The summed E-state index contributed by atoms with van der Waals surface area (Å²) in [6.45, 7) is 3.55. The lowest BCUT2D eigenvalue weighted by molar-refractivity contribution is -0.133. The van der Waals surface area contributed by atoms with E-state index in [-0.39, 0.29) is 12.0 Å². The van der Waals surface area contributed by atoms with E-state index in [9.17, 15) is 4.79 Å². The number of likely N-dealkylation sites (tertiary alicyclic amines) is 1. The number of nitrogens with one attached hydrogen (secondary N) is 1. The van der Waals surface area contributed by atoms with E-state index in [1.54, 1.807) is 19.6 Å². The van der Waals surface area contributed by atoms with Crippen molar-refractivity contribution in [2.75, 3.05) is 25.5 Å². The fourth-order valence-electron chi connectivity index (χ4n) is 5.57. The molecular formula is C30H30N6O3. The molecule has 9 heteroatoms. The summed E-state index contributed by atoms with van der Waals surface area (Å²) in [6.07, 6.45) is 7.47. The molecule has 2 fully saturated rings.